The summed E-state index contributed by atoms with van der Waals surface area (Å²) in [6, 6.07) is 66.6. The standard InChI is InChI=1S/C87H100N3O13/c1-84(2,3)101-81(92)34-41-87(42-35-82(93)102-85(4,5)6,43-36-83(94)103-86(7,8)9)88-80(91)33-23-14-24-44-89-45-37-72(38-46-89)73-39-47-90(48-40-73)58-69-49-74(99-63-70-51-76(95-59-65-25-15-10-16-26-65)56-77(52-70)96-60-66-27-17-11-18-28-66)55-75(50-69)100-64-71-53-78(97-61-67-29-19-12-20-30-67)57-79(54-71)98-62-68-31-21-13-22-32-68/h10-13,15-22,25-32,37-40,45-57H,14,23-24,33-36,41-44,58-64H2,1-9H3/q+1/p+1. The second-order valence-corrected chi connectivity index (χ2v) is 29.0. The summed E-state index contributed by atoms with van der Waals surface area (Å²) in [5.41, 5.74) is 5.74. The van der Waals surface area contributed by atoms with Gasteiger partial charge in [-0.15, -0.1) is 0 Å². The van der Waals surface area contributed by atoms with Gasteiger partial charge >= 0.3 is 17.9 Å². The number of rotatable bonds is 37. The smallest absolute Gasteiger partial charge is 0.306 e. The molecule has 0 aliphatic rings. The van der Waals surface area contributed by atoms with E-state index in [0.717, 1.165) is 69.5 Å². The van der Waals surface area contributed by atoms with Crippen LogP contribution in [0, 0.1) is 0 Å². The molecule has 7 aromatic carbocycles. The van der Waals surface area contributed by atoms with Gasteiger partial charge in [0.15, 0.2) is 37.2 Å². The second-order valence-electron chi connectivity index (χ2n) is 29.0. The van der Waals surface area contributed by atoms with Gasteiger partial charge in [-0.25, -0.2) is 14.1 Å². The maximum absolute atomic E-state index is 13.1. The molecule has 0 aliphatic carbocycles. The summed E-state index contributed by atoms with van der Waals surface area (Å²) in [7, 11) is 0. The zero-order valence-corrected chi connectivity index (χ0v) is 61.3. The van der Waals surface area contributed by atoms with Crippen LogP contribution in [0.25, 0.3) is 11.1 Å². The largest absolute Gasteiger partial charge is 0.497 e. The van der Waals surface area contributed by atoms with Crippen molar-refractivity contribution in [2.45, 2.75) is 202 Å². The van der Waals surface area contributed by atoms with Gasteiger partial charge in [-0.05, 0) is 175 Å². The molecule has 0 atom stereocenters. The highest BCUT2D eigenvalue weighted by Crippen LogP contribution is 2.35. The van der Waals surface area contributed by atoms with Crippen molar-refractivity contribution in [3.8, 4) is 45.6 Å². The third-order valence-corrected chi connectivity index (χ3v) is 16.4. The second kappa shape index (κ2) is 37.4. The molecule has 1 N–H and O–H groups in total. The number of aromatic nitrogens is 2. The quantitative estimate of drug-likeness (QED) is 0.00973. The normalized spacial score (nSPS) is 11.9. The van der Waals surface area contributed by atoms with Gasteiger partial charge in [0.1, 0.15) is 97.5 Å². The fraction of sp³-hybridized carbons (Fsp3) is 0.356. The van der Waals surface area contributed by atoms with E-state index in [1.165, 1.54) is 0 Å². The number of hydrogen-bond donors (Lipinski definition) is 1. The highest BCUT2D eigenvalue weighted by atomic mass is 16.6. The van der Waals surface area contributed by atoms with Crippen molar-refractivity contribution in [1.82, 2.24) is 0 Å². The van der Waals surface area contributed by atoms with Crippen molar-refractivity contribution in [2.24, 2.45) is 4.99 Å². The lowest BCUT2D eigenvalue weighted by Gasteiger charge is -2.31. The lowest BCUT2D eigenvalue weighted by Crippen LogP contribution is -2.34. The zero-order chi connectivity index (χ0) is 73.1. The summed E-state index contributed by atoms with van der Waals surface area (Å²) in [5.74, 6) is 2.49. The van der Waals surface area contributed by atoms with Gasteiger partial charge in [0.05, 0.1) is 5.54 Å². The number of unbranched alkanes of at least 4 members (excludes halogenated alkanes) is 2. The SMILES string of the molecule is CC(C)(C)OC(=O)CCC(CCC(=O)OC(C)(C)C)(CCC(=O)OC(C)(C)C)N=C(O)CCCCC[n+]1ccc(-c2cc[n+](Cc3cc(OCc4cc(OCc5ccccc5)cc(OCc5ccccc5)c4)cc(OCc4cc(OCc5ccccc5)cc(OCc5ccccc5)c4)c3)cc2)cc1. The number of carbonyl (C=O) groups is 3. The van der Waals surface area contributed by atoms with Gasteiger partial charge in [0.25, 0.3) is 0 Å². The van der Waals surface area contributed by atoms with Crippen LogP contribution in [0.2, 0.25) is 0 Å². The molecule has 103 heavy (non-hydrogen) atoms. The Labute approximate surface area is 608 Å². The number of pyridine rings is 2. The van der Waals surface area contributed by atoms with E-state index in [1.807, 2.05) is 176 Å². The molecule has 0 saturated heterocycles. The molecule has 2 aromatic heterocycles. The Kier molecular flexibility index (Phi) is 27.9. The number of carbonyl (C=O) groups excluding carboxylic acids is 3. The molecule has 9 aromatic rings. The number of aliphatic hydroxyl groups excluding tert-OH is 1. The van der Waals surface area contributed by atoms with Crippen molar-refractivity contribution < 1.29 is 71.3 Å². The number of aliphatic imine (C=N–C) groups is 1. The molecule has 540 valence electrons. The molecule has 16 heteroatoms. The molecule has 0 unspecified atom stereocenters. The lowest BCUT2D eigenvalue weighted by molar-refractivity contribution is -0.697. The van der Waals surface area contributed by atoms with Crippen LogP contribution in [0.4, 0.5) is 0 Å². The van der Waals surface area contributed by atoms with Crippen LogP contribution < -0.4 is 37.6 Å². The first kappa shape index (κ1) is 76.7. The third kappa shape index (κ3) is 28.1. The molecule has 16 nitrogen and oxygen atoms in total. The van der Waals surface area contributed by atoms with Crippen LogP contribution in [-0.4, -0.2) is 51.3 Å². The van der Waals surface area contributed by atoms with E-state index in [4.69, 9.17) is 47.6 Å². The van der Waals surface area contributed by atoms with E-state index in [0.29, 0.717) is 73.9 Å². The molecule has 2 heterocycles. The Bertz CT molecular complexity index is 3790. The van der Waals surface area contributed by atoms with Crippen LogP contribution in [0.5, 0.6) is 34.5 Å². The summed E-state index contributed by atoms with van der Waals surface area (Å²) in [4.78, 5) is 44.1. The average molecular weight is 1400 g/mol. The fourth-order valence-corrected chi connectivity index (χ4v) is 11.5. The predicted molar refractivity (Wildman–Crippen MR) is 399 cm³/mol. The highest BCUT2D eigenvalue weighted by Gasteiger charge is 2.35. The van der Waals surface area contributed by atoms with Gasteiger partial charge in [-0.3, -0.25) is 14.4 Å². The summed E-state index contributed by atoms with van der Waals surface area (Å²) in [6.07, 6.45) is 11.2. The van der Waals surface area contributed by atoms with E-state index >= 15 is 0 Å². The van der Waals surface area contributed by atoms with Gasteiger partial charge < -0.3 is 47.7 Å². The van der Waals surface area contributed by atoms with Gasteiger partial charge in [-0.1, -0.05) is 121 Å². The van der Waals surface area contributed by atoms with Crippen molar-refractivity contribution in [2.75, 3.05) is 0 Å². The lowest BCUT2D eigenvalue weighted by atomic mass is 9.84. The maximum atomic E-state index is 13.1. The van der Waals surface area contributed by atoms with E-state index in [2.05, 4.69) is 58.2 Å². The van der Waals surface area contributed by atoms with Crippen molar-refractivity contribution in [3.05, 3.63) is 264 Å². The van der Waals surface area contributed by atoms with Crippen molar-refractivity contribution in [3.63, 3.8) is 0 Å². The summed E-state index contributed by atoms with van der Waals surface area (Å²) < 4.78 is 60.1. The summed E-state index contributed by atoms with van der Waals surface area (Å²) in [5, 5.41) is 11.5. The molecular weight excluding hydrogens is 1290 g/mol. The molecule has 0 saturated carbocycles. The number of nitrogens with zero attached hydrogens (tertiary/aromatic N) is 3. The Morgan fingerprint density at radius 1 is 0.340 bits per heavy atom. The van der Waals surface area contributed by atoms with Crippen LogP contribution in [0.1, 0.15) is 165 Å². The van der Waals surface area contributed by atoms with Crippen LogP contribution in [0.3, 0.4) is 0 Å². The zero-order valence-electron chi connectivity index (χ0n) is 61.3. The molecule has 9 rings (SSSR count). The van der Waals surface area contributed by atoms with Crippen LogP contribution >= 0.6 is 0 Å². The van der Waals surface area contributed by atoms with E-state index in [-0.39, 0.29) is 64.1 Å². The molecule has 0 amide bonds. The first-order valence-electron chi connectivity index (χ1n) is 35.7. The van der Waals surface area contributed by atoms with Crippen molar-refractivity contribution >= 4 is 23.8 Å². The Hall–Kier alpha value is -10.5. The molecule has 0 aliphatic heterocycles. The first-order chi connectivity index (χ1) is 49.4. The summed E-state index contributed by atoms with van der Waals surface area (Å²) in [6.45, 7) is 19.5. The van der Waals surface area contributed by atoms with Gasteiger partial charge in [0, 0.05) is 80.1 Å². The minimum Gasteiger partial charge on any atom is -0.497 e. The average Bonchev–Trinajstić information content (AvgIpc) is 0.843. The van der Waals surface area contributed by atoms with Gasteiger partial charge in [-0.2, -0.15) is 0 Å². The van der Waals surface area contributed by atoms with Crippen molar-refractivity contribution in [1.29, 1.82) is 0 Å². The molecule has 0 fully saturated rings. The maximum Gasteiger partial charge on any atom is 0.306 e. The number of benzene rings is 7. The highest BCUT2D eigenvalue weighted by molar-refractivity contribution is 5.76. The summed E-state index contributed by atoms with van der Waals surface area (Å²) >= 11 is 0. The minimum absolute atomic E-state index is 0.0275. The van der Waals surface area contributed by atoms with Crippen LogP contribution in [-0.2, 0) is 81.3 Å². The Morgan fingerprint density at radius 2 is 0.631 bits per heavy atom. The Balaban J connectivity index is 0.876. The molecule has 0 bridgehead atoms. The molecule has 0 spiro atoms. The van der Waals surface area contributed by atoms with Gasteiger partial charge in [0.2, 0.25) is 0 Å². The first-order valence-corrected chi connectivity index (χ1v) is 35.7. The van der Waals surface area contributed by atoms with E-state index < -0.39 is 40.2 Å². The number of hydrogen-bond acceptors (Lipinski definition) is 13. The number of esters is 3. The number of aliphatic hydroxyl groups is 1. The topological polar surface area (TPSA) is 175 Å². The van der Waals surface area contributed by atoms with E-state index in [1.54, 1.807) is 62.3 Å². The Morgan fingerprint density at radius 3 is 0.942 bits per heavy atom. The predicted octanol–water partition coefficient (Wildman–Crippen LogP) is 18.1. The molecule has 0 radical (unpaired) electrons. The fourth-order valence-electron chi connectivity index (χ4n) is 11.5. The number of ether oxygens (including phenoxy) is 9. The van der Waals surface area contributed by atoms with E-state index in [9.17, 15) is 19.5 Å². The minimum atomic E-state index is -1.14. The third-order valence-electron chi connectivity index (χ3n) is 16.4. The molecular formula is C87H101N3O13+2. The van der Waals surface area contributed by atoms with Crippen LogP contribution in [0.15, 0.2) is 230 Å². The number of aryl methyl sites for hydroxylation is 1. The monoisotopic (exact) mass is 1400 g/mol.